The van der Waals surface area contributed by atoms with E-state index in [1.807, 2.05) is 24.3 Å². The lowest BCUT2D eigenvalue weighted by Crippen LogP contribution is -2.07. The molecule has 1 aromatic heterocycles. The van der Waals surface area contributed by atoms with E-state index in [1.165, 1.54) is 0 Å². The highest BCUT2D eigenvalue weighted by Crippen LogP contribution is 2.25. The average Bonchev–Trinajstić information content (AvgIpc) is 2.62. The Morgan fingerprint density at radius 2 is 2.31 bits per heavy atom. The molecule has 6 nitrogen and oxygen atoms in total. The number of hydrogen-bond donors (Lipinski definition) is 1. The van der Waals surface area contributed by atoms with Gasteiger partial charge in [-0.25, -0.2) is 0 Å². The predicted molar refractivity (Wildman–Crippen MR) is 59.7 cm³/mol. The summed E-state index contributed by atoms with van der Waals surface area (Å²) in [5, 5.41) is 18.0. The summed E-state index contributed by atoms with van der Waals surface area (Å²) in [5.41, 5.74) is 10.0. The lowest BCUT2D eigenvalue weighted by Gasteiger charge is -2.08. The zero-order chi connectivity index (χ0) is 11.5. The molecule has 0 aliphatic rings. The van der Waals surface area contributed by atoms with Crippen LogP contribution in [0.25, 0.3) is 21.3 Å². The van der Waals surface area contributed by atoms with E-state index in [9.17, 15) is 5.11 Å². The first kappa shape index (κ1) is 10.5. The molecule has 0 spiro atoms. The fraction of sp³-hybridized carbons (Fsp3) is 0.300. The average molecular weight is 217 g/mol. The fourth-order valence-electron chi connectivity index (χ4n) is 1.80. The molecule has 0 aliphatic heterocycles. The van der Waals surface area contributed by atoms with Crippen molar-refractivity contribution in [2.45, 2.75) is 6.04 Å². The number of nitrogens with zero attached hydrogens (tertiary/aromatic N) is 5. The van der Waals surface area contributed by atoms with Crippen molar-refractivity contribution >= 4 is 10.9 Å². The number of azide groups is 1. The monoisotopic (exact) mass is 217 g/mol. The van der Waals surface area contributed by atoms with Gasteiger partial charge in [-0.1, -0.05) is 23.3 Å². The standard InChI is InChI=1S/C10H11N5O/c1-15-10(9(6-16)12-14-11)7-4-2-3-5-8(7)13-15/h2-5,9,16H,6H2,1H3. The second-order valence-electron chi connectivity index (χ2n) is 3.43. The van der Waals surface area contributed by atoms with Gasteiger partial charge in [-0.2, -0.15) is 5.10 Å². The third kappa shape index (κ3) is 1.60. The Labute approximate surface area is 91.7 Å². The van der Waals surface area contributed by atoms with Crippen molar-refractivity contribution in [3.05, 3.63) is 40.4 Å². The Kier molecular flexibility index (Phi) is 2.76. The number of aryl methyl sites for hydroxylation is 1. The molecule has 0 saturated heterocycles. The minimum atomic E-state index is -0.595. The van der Waals surface area contributed by atoms with Crippen molar-refractivity contribution in [3.8, 4) is 0 Å². The second-order valence-corrected chi connectivity index (χ2v) is 3.43. The van der Waals surface area contributed by atoms with Crippen LogP contribution in [0.1, 0.15) is 11.7 Å². The molecule has 1 atom stereocenters. The molecule has 1 aromatic carbocycles. The van der Waals surface area contributed by atoms with Crippen LogP contribution in [0.15, 0.2) is 29.4 Å². The van der Waals surface area contributed by atoms with Crippen LogP contribution in [0.2, 0.25) is 0 Å². The topological polar surface area (TPSA) is 86.8 Å². The van der Waals surface area contributed by atoms with Gasteiger partial charge in [0.25, 0.3) is 0 Å². The van der Waals surface area contributed by atoms with E-state index in [-0.39, 0.29) is 6.61 Å². The van der Waals surface area contributed by atoms with Crippen LogP contribution in [-0.2, 0) is 7.05 Å². The lowest BCUT2D eigenvalue weighted by atomic mass is 10.1. The molecule has 0 bridgehead atoms. The van der Waals surface area contributed by atoms with E-state index >= 15 is 0 Å². The van der Waals surface area contributed by atoms with Crippen LogP contribution in [0.3, 0.4) is 0 Å². The first-order chi connectivity index (χ1) is 7.77. The number of rotatable bonds is 3. The highest BCUT2D eigenvalue weighted by atomic mass is 16.3. The van der Waals surface area contributed by atoms with Crippen LogP contribution in [0.4, 0.5) is 0 Å². The normalized spacial score (nSPS) is 12.4. The summed E-state index contributed by atoms with van der Waals surface area (Å²) in [5.74, 6) is 0. The largest absolute Gasteiger partial charge is 0.396 e. The van der Waals surface area contributed by atoms with Crippen LogP contribution in [-0.4, -0.2) is 21.5 Å². The van der Waals surface area contributed by atoms with Crippen molar-refractivity contribution in [1.82, 2.24) is 9.78 Å². The van der Waals surface area contributed by atoms with E-state index in [2.05, 4.69) is 15.1 Å². The zero-order valence-corrected chi connectivity index (χ0v) is 8.78. The summed E-state index contributed by atoms with van der Waals surface area (Å²) in [6.07, 6.45) is 0. The van der Waals surface area contributed by atoms with Gasteiger partial charge in [-0.3, -0.25) is 4.68 Å². The molecule has 1 unspecified atom stereocenters. The van der Waals surface area contributed by atoms with Gasteiger partial charge in [0.15, 0.2) is 0 Å². The molecule has 82 valence electrons. The maximum atomic E-state index is 9.21. The van der Waals surface area contributed by atoms with Crippen molar-refractivity contribution in [3.63, 3.8) is 0 Å². The molecular formula is C10H11N5O. The summed E-state index contributed by atoms with van der Waals surface area (Å²) >= 11 is 0. The summed E-state index contributed by atoms with van der Waals surface area (Å²) in [6, 6.07) is 6.96. The van der Waals surface area contributed by atoms with Gasteiger partial charge in [-0.15, -0.1) is 0 Å². The van der Waals surface area contributed by atoms with Crippen LogP contribution in [0.5, 0.6) is 0 Å². The van der Waals surface area contributed by atoms with Gasteiger partial charge in [0.05, 0.1) is 17.8 Å². The summed E-state index contributed by atoms with van der Waals surface area (Å²) in [7, 11) is 1.77. The smallest absolute Gasteiger partial charge is 0.103 e. The number of aromatic nitrogens is 2. The first-order valence-corrected chi connectivity index (χ1v) is 4.84. The number of fused-ring (bicyclic) bond motifs is 1. The summed E-state index contributed by atoms with van der Waals surface area (Å²) in [4.78, 5) is 2.73. The Morgan fingerprint density at radius 1 is 1.56 bits per heavy atom. The molecule has 2 rings (SSSR count). The maximum absolute atomic E-state index is 9.21. The number of aliphatic hydroxyl groups excluding tert-OH is 1. The highest BCUT2D eigenvalue weighted by molar-refractivity contribution is 5.81. The third-order valence-electron chi connectivity index (χ3n) is 2.47. The molecule has 1 N–H and O–H groups in total. The van der Waals surface area contributed by atoms with E-state index in [0.717, 1.165) is 16.6 Å². The molecule has 6 heteroatoms. The van der Waals surface area contributed by atoms with E-state index in [4.69, 9.17) is 5.53 Å². The Bertz CT molecular complexity index is 555. The number of aliphatic hydroxyl groups is 1. The Balaban J connectivity index is 2.66. The molecule has 1 heterocycles. The van der Waals surface area contributed by atoms with Crippen LogP contribution >= 0.6 is 0 Å². The molecule has 0 saturated carbocycles. The van der Waals surface area contributed by atoms with Gasteiger partial charge in [0.2, 0.25) is 0 Å². The van der Waals surface area contributed by atoms with E-state index < -0.39 is 6.04 Å². The summed E-state index contributed by atoms with van der Waals surface area (Å²) < 4.78 is 1.64. The molecule has 0 fully saturated rings. The van der Waals surface area contributed by atoms with Crippen LogP contribution < -0.4 is 0 Å². The second kappa shape index (κ2) is 4.22. The fourth-order valence-corrected chi connectivity index (χ4v) is 1.80. The molecular weight excluding hydrogens is 206 g/mol. The molecule has 2 aromatic rings. The number of hydrogen-bond acceptors (Lipinski definition) is 3. The van der Waals surface area contributed by atoms with Gasteiger partial charge in [0, 0.05) is 17.3 Å². The van der Waals surface area contributed by atoms with Crippen molar-refractivity contribution in [2.75, 3.05) is 6.61 Å². The van der Waals surface area contributed by atoms with Crippen molar-refractivity contribution in [1.29, 1.82) is 0 Å². The highest BCUT2D eigenvalue weighted by Gasteiger charge is 2.17. The van der Waals surface area contributed by atoms with Crippen molar-refractivity contribution < 1.29 is 5.11 Å². The maximum Gasteiger partial charge on any atom is 0.103 e. The Hall–Kier alpha value is -2.04. The van der Waals surface area contributed by atoms with Gasteiger partial charge >= 0.3 is 0 Å². The third-order valence-corrected chi connectivity index (χ3v) is 2.47. The Morgan fingerprint density at radius 3 is 3.00 bits per heavy atom. The van der Waals surface area contributed by atoms with Crippen LogP contribution in [0, 0.1) is 0 Å². The van der Waals surface area contributed by atoms with E-state index in [1.54, 1.807) is 11.7 Å². The lowest BCUT2D eigenvalue weighted by molar-refractivity contribution is 0.263. The predicted octanol–water partition coefficient (Wildman–Crippen LogP) is 1.92. The van der Waals surface area contributed by atoms with Gasteiger partial charge in [0.1, 0.15) is 6.04 Å². The molecule has 0 radical (unpaired) electrons. The zero-order valence-electron chi connectivity index (χ0n) is 8.78. The first-order valence-electron chi connectivity index (χ1n) is 4.84. The van der Waals surface area contributed by atoms with Gasteiger partial charge in [-0.05, 0) is 11.6 Å². The minimum absolute atomic E-state index is 0.229. The van der Waals surface area contributed by atoms with Crippen molar-refractivity contribution in [2.24, 2.45) is 12.2 Å². The quantitative estimate of drug-likeness (QED) is 0.483. The number of benzene rings is 1. The van der Waals surface area contributed by atoms with Gasteiger partial charge < -0.3 is 5.11 Å². The molecule has 16 heavy (non-hydrogen) atoms. The summed E-state index contributed by atoms with van der Waals surface area (Å²) in [6.45, 7) is -0.229. The minimum Gasteiger partial charge on any atom is -0.396 e. The van der Waals surface area contributed by atoms with E-state index in [0.29, 0.717) is 0 Å². The molecule has 0 amide bonds. The SMILES string of the molecule is Cn1nc2ccccc2c1C(CO)N=[N+]=[N-]. The molecule has 0 aliphatic carbocycles.